The molecule has 11 heavy (non-hydrogen) atoms. The standard InChI is InChI=1S/C7H6N4/c1-5-4-10-7(11-5)6-8-2-3-9-6/h2-4H,1H3/q+2. The zero-order valence-corrected chi connectivity index (χ0v) is 6.02. The van der Waals surface area contributed by atoms with E-state index in [1.54, 1.807) is 18.6 Å². The second-order valence-electron chi connectivity index (χ2n) is 2.21. The molecule has 0 aliphatic carbocycles. The lowest BCUT2D eigenvalue weighted by atomic mass is 10.4. The molecular formula is C7H6N4+2. The molecule has 0 aromatic rings. The predicted octanol–water partition coefficient (Wildman–Crippen LogP) is 0.666. The van der Waals surface area contributed by atoms with Gasteiger partial charge in [0.15, 0.2) is 24.7 Å². The Hall–Kier alpha value is -1.58. The van der Waals surface area contributed by atoms with Crippen LogP contribution in [0.2, 0.25) is 0 Å². The average molecular weight is 146 g/mol. The van der Waals surface area contributed by atoms with Crippen molar-refractivity contribution in [3.05, 3.63) is 12.2 Å². The number of rotatable bonds is 1. The topological polar surface area (TPSA) is 49.4 Å². The molecule has 2 aliphatic heterocycles. The molecule has 4 heteroatoms. The van der Waals surface area contributed by atoms with Crippen LogP contribution in [0.1, 0.15) is 6.92 Å². The van der Waals surface area contributed by atoms with Crippen LogP contribution in [0.5, 0.6) is 0 Å². The Morgan fingerprint density at radius 3 is 2.55 bits per heavy atom. The zero-order chi connectivity index (χ0) is 7.68. The van der Waals surface area contributed by atoms with E-state index < -0.39 is 0 Å². The molecular weight excluding hydrogens is 140 g/mol. The van der Waals surface area contributed by atoms with Crippen LogP contribution < -0.4 is 0 Å². The second-order valence-corrected chi connectivity index (χ2v) is 2.21. The molecule has 0 fully saturated rings. The Morgan fingerprint density at radius 1 is 1.27 bits per heavy atom. The number of amidine groups is 1. The van der Waals surface area contributed by atoms with Crippen LogP contribution in [0.15, 0.2) is 20.0 Å². The van der Waals surface area contributed by atoms with Crippen molar-refractivity contribution in [1.82, 2.24) is 0 Å². The van der Waals surface area contributed by atoms with Crippen molar-refractivity contribution in [2.75, 3.05) is 0 Å². The fraction of sp³-hybridized carbons (Fsp3) is 0.143. The fourth-order valence-electron chi connectivity index (χ4n) is 0.844. The van der Waals surface area contributed by atoms with E-state index in [2.05, 4.69) is 20.0 Å². The summed E-state index contributed by atoms with van der Waals surface area (Å²) in [6.07, 6.45) is 5.55. The van der Waals surface area contributed by atoms with Gasteiger partial charge in [-0.3, -0.25) is 0 Å². The van der Waals surface area contributed by atoms with Gasteiger partial charge >= 0.3 is 12.0 Å². The minimum atomic E-state index is 0.595. The second kappa shape index (κ2) is 2.23. The Labute approximate surface area is 64.5 Å². The van der Waals surface area contributed by atoms with Gasteiger partial charge in [-0.05, 0) is 4.99 Å². The summed E-state index contributed by atoms with van der Waals surface area (Å²) in [5.41, 5.74) is 0. The smallest absolute Gasteiger partial charge is 0.0995 e. The lowest BCUT2D eigenvalue weighted by molar-refractivity contribution is 1.13. The molecule has 2 aliphatic rings. The first-order chi connectivity index (χ1) is 5.36. The highest BCUT2D eigenvalue weighted by molar-refractivity contribution is 6.21. The summed E-state index contributed by atoms with van der Waals surface area (Å²) >= 11 is 0. The van der Waals surface area contributed by atoms with Gasteiger partial charge in [-0.2, -0.15) is 0 Å². The third kappa shape index (κ3) is 1.02. The van der Waals surface area contributed by atoms with Crippen LogP contribution in [0.3, 0.4) is 0 Å². The summed E-state index contributed by atoms with van der Waals surface area (Å²) in [5, 5.41) is 0. The molecule has 2 rings (SSSR count). The number of hydrogen-bond donors (Lipinski definition) is 0. The first kappa shape index (κ1) is 6.15. The highest BCUT2D eigenvalue weighted by Crippen LogP contribution is 2.17. The molecule has 0 atom stereocenters. The third-order valence-corrected chi connectivity index (χ3v) is 1.32. The molecule has 0 aromatic heterocycles. The van der Waals surface area contributed by atoms with Crippen LogP contribution in [0.25, 0.3) is 0 Å². The van der Waals surface area contributed by atoms with Crippen LogP contribution in [-0.4, -0.2) is 24.5 Å². The first-order valence-corrected chi connectivity index (χ1v) is 3.26. The summed E-state index contributed by atoms with van der Waals surface area (Å²) in [6, 6.07) is 0.893. The van der Waals surface area contributed by atoms with Crippen molar-refractivity contribution in [3.63, 3.8) is 0 Å². The normalized spacial score (nSPS) is 20.3. The van der Waals surface area contributed by atoms with E-state index in [9.17, 15) is 0 Å². The monoisotopic (exact) mass is 146 g/mol. The van der Waals surface area contributed by atoms with E-state index in [-0.39, 0.29) is 0 Å². The van der Waals surface area contributed by atoms with Crippen molar-refractivity contribution in [2.24, 2.45) is 20.0 Å². The summed E-state index contributed by atoms with van der Waals surface area (Å²) in [6.45, 7) is 1.89. The van der Waals surface area contributed by atoms with Crippen LogP contribution in [0, 0.1) is 12.2 Å². The highest BCUT2D eigenvalue weighted by atomic mass is 15.1. The van der Waals surface area contributed by atoms with Gasteiger partial charge in [0.25, 0.3) is 0 Å². The number of hydrogen-bond acceptors (Lipinski definition) is 4. The van der Waals surface area contributed by atoms with E-state index >= 15 is 0 Å². The quantitative estimate of drug-likeness (QED) is 0.488. The minimum Gasteiger partial charge on any atom is -0.0995 e. The summed E-state index contributed by atoms with van der Waals surface area (Å²) in [7, 11) is 0. The summed E-state index contributed by atoms with van der Waals surface area (Å²) in [5.74, 6) is 0.604. The van der Waals surface area contributed by atoms with Crippen molar-refractivity contribution in [1.29, 1.82) is 0 Å². The van der Waals surface area contributed by atoms with E-state index in [1.165, 1.54) is 0 Å². The molecule has 0 saturated carbocycles. The Morgan fingerprint density at radius 2 is 2.00 bits per heavy atom. The molecule has 52 valence electrons. The third-order valence-electron chi connectivity index (χ3n) is 1.32. The molecule has 0 aromatic carbocycles. The lowest BCUT2D eigenvalue weighted by Crippen LogP contribution is -1.99. The Kier molecular flexibility index (Phi) is 1.25. The Bertz CT molecular complexity index is 262. The van der Waals surface area contributed by atoms with Crippen LogP contribution in [-0.2, 0) is 0 Å². The number of nitrogens with zero attached hydrogens (tertiary/aromatic N) is 4. The molecule has 0 amide bonds. The van der Waals surface area contributed by atoms with Crippen LogP contribution in [0.4, 0.5) is 0 Å². The van der Waals surface area contributed by atoms with Crippen molar-refractivity contribution in [2.45, 2.75) is 6.92 Å². The first-order valence-electron chi connectivity index (χ1n) is 3.26. The maximum absolute atomic E-state index is 4.12. The SMILES string of the molecule is C[C+]1C=NC([C+]2N=CC=N2)=N1. The van der Waals surface area contributed by atoms with Gasteiger partial charge in [0.2, 0.25) is 0 Å². The van der Waals surface area contributed by atoms with E-state index in [0.717, 1.165) is 6.04 Å². The maximum Gasteiger partial charge on any atom is 0.400 e. The maximum atomic E-state index is 4.12. The molecule has 0 spiro atoms. The van der Waals surface area contributed by atoms with Gasteiger partial charge in [0.05, 0.1) is 0 Å². The van der Waals surface area contributed by atoms with Crippen molar-refractivity contribution < 1.29 is 0 Å². The lowest BCUT2D eigenvalue weighted by Gasteiger charge is -1.78. The van der Waals surface area contributed by atoms with Gasteiger partial charge in [-0.25, -0.2) is 0 Å². The zero-order valence-electron chi connectivity index (χ0n) is 6.02. The molecule has 4 nitrogen and oxygen atoms in total. The van der Waals surface area contributed by atoms with Gasteiger partial charge in [0.1, 0.15) is 0 Å². The highest BCUT2D eigenvalue weighted by Gasteiger charge is 2.36. The predicted molar refractivity (Wildman–Crippen MR) is 45.1 cm³/mol. The van der Waals surface area contributed by atoms with Gasteiger partial charge in [0, 0.05) is 6.92 Å². The van der Waals surface area contributed by atoms with E-state index in [0.29, 0.717) is 12.0 Å². The molecule has 0 unspecified atom stereocenters. The molecule has 0 saturated heterocycles. The Balaban J connectivity index is 2.18. The fourth-order valence-corrected chi connectivity index (χ4v) is 0.844. The van der Waals surface area contributed by atoms with Crippen molar-refractivity contribution >= 4 is 24.5 Å². The van der Waals surface area contributed by atoms with Gasteiger partial charge < -0.3 is 0 Å². The molecule has 0 N–H and O–H groups in total. The molecule has 2 heterocycles. The van der Waals surface area contributed by atoms with Crippen molar-refractivity contribution in [3.8, 4) is 0 Å². The van der Waals surface area contributed by atoms with Crippen LogP contribution >= 0.6 is 0 Å². The van der Waals surface area contributed by atoms with Gasteiger partial charge in [-0.15, -0.1) is 0 Å². The molecule has 0 bridgehead atoms. The van der Waals surface area contributed by atoms with E-state index in [4.69, 9.17) is 0 Å². The van der Waals surface area contributed by atoms with Gasteiger partial charge in [-0.1, -0.05) is 15.0 Å². The average Bonchev–Trinajstić information content (AvgIpc) is 2.55. The minimum absolute atomic E-state index is 0.595. The summed E-state index contributed by atoms with van der Waals surface area (Å²) in [4.78, 5) is 16.1. The largest absolute Gasteiger partial charge is 0.400 e. The summed E-state index contributed by atoms with van der Waals surface area (Å²) < 4.78 is 0. The number of aliphatic imine (C=N–C) groups is 4. The molecule has 0 radical (unpaired) electrons. The van der Waals surface area contributed by atoms with E-state index in [1.807, 2.05) is 6.92 Å².